The molecular formula is C11H7BrFNO. The molecule has 0 unspecified atom stereocenters. The van der Waals surface area contributed by atoms with Crippen molar-refractivity contribution in [1.82, 2.24) is 4.98 Å². The van der Waals surface area contributed by atoms with Gasteiger partial charge in [0.1, 0.15) is 17.3 Å². The van der Waals surface area contributed by atoms with Crippen LogP contribution in [0.1, 0.15) is 0 Å². The average Bonchev–Trinajstić information content (AvgIpc) is 2.17. The second kappa shape index (κ2) is 4.40. The minimum Gasteiger partial charge on any atom is -0.456 e. The molecule has 0 radical (unpaired) electrons. The molecular weight excluding hydrogens is 261 g/mol. The zero-order valence-electron chi connectivity index (χ0n) is 7.65. The molecule has 0 amide bonds. The Morgan fingerprint density at radius 3 is 2.73 bits per heavy atom. The molecule has 0 bridgehead atoms. The molecule has 2 aromatic rings. The third-order valence-corrected chi connectivity index (χ3v) is 2.16. The van der Waals surface area contributed by atoms with Crippen molar-refractivity contribution in [2.45, 2.75) is 0 Å². The fourth-order valence-corrected chi connectivity index (χ4v) is 1.58. The van der Waals surface area contributed by atoms with Crippen LogP contribution in [0.25, 0.3) is 0 Å². The molecule has 0 saturated carbocycles. The molecule has 15 heavy (non-hydrogen) atoms. The van der Waals surface area contributed by atoms with Gasteiger partial charge in [0.25, 0.3) is 0 Å². The summed E-state index contributed by atoms with van der Waals surface area (Å²) in [5, 5.41) is 0. The first-order chi connectivity index (χ1) is 7.24. The van der Waals surface area contributed by atoms with Gasteiger partial charge in [-0.15, -0.1) is 0 Å². The van der Waals surface area contributed by atoms with E-state index < -0.39 is 0 Å². The van der Waals surface area contributed by atoms with E-state index in [1.807, 2.05) is 0 Å². The number of pyridine rings is 1. The standard InChI is InChI=1S/C11H7BrFNO/c12-8-4-9(13)6-11(5-8)15-10-2-1-3-14-7-10/h1-7H. The van der Waals surface area contributed by atoms with Crippen molar-refractivity contribution in [3.05, 3.63) is 53.0 Å². The zero-order chi connectivity index (χ0) is 10.7. The number of ether oxygens (including phenoxy) is 1. The Hall–Kier alpha value is -1.42. The van der Waals surface area contributed by atoms with Crippen LogP contribution in [0.15, 0.2) is 47.2 Å². The van der Waals surface area contributed by atoms with E-state index in [0.717, 1.165) is 0 Å². The maximum Gasteiger partial charge on any atom is 0.145 e. The van der Waals surface area contributed by atoms with Crippen molar-refractivity contribution >= 4 is 15.9 Å². The van der Waals surface area contributed by atoms with Gasteiger partial charge in [-0.1, -0.05) is 15.9 Å². The van der Waals surface area contributed by atoms with Crippen molar-refractivity contribution in [2.75, 3.05) is 0 Å². The molecule has 2 nitrogen and oxygen atoms in total. The molecule has 0 saturated heterocycles. The second-order valence-electron chi connectivity index (χ2n) is 2.90. The second-order valence-corrected chi connectivity index (χ2v) is 3.81. The molecule has 0 spiro atoms. The van der Waals surface area contributed by atoms with E-state index in [1.54, 1.807) is 30.6 Å². The minimum absolute atomic E-state index is 0.344. The Bertz CT molecular complexity index is 441. The van der Waals surface area contributed by atoms with Crippen molar-refractivity contribution < 1.29 is 9.13 Å². The first kappa shape index (κ1) is 10.1. The van der Waals surface area contributed by atoms with E-state index in [1.165, 1.54) is 12.1 Å². The van der Waals surface area contributed by atoms with Gasteiger partial charge in [-0.3, -0.25) is 4.98 Å². The summed E-state index contributed by atoms with van der Waals surface area (Å²) >= 11 is 3.19. The average molecular weight is 268 g/mol. The molecule has 1 heterocycles. The summed E-state index contributed by atoms with van der Waals surface area (Å²) in [5.41, 5.74) is 0. The lowest BCUT2D eigenvalue weighted by molar-refractivity contribution is 0.474. The largest absolute Gasteiger partial charge is 0.456 e. The van der Waals surface area contributed by atoms with E-state index in [4.69, 9.17) is 4.74 Å². The van der Waals surface area contributed by atoms with Crippen LogP contribution in [-0.4, -0.2) is 4.98 Å². The summed E-state index contributed by atoms with van der Waals surface area (Å²) in [5.74, 6) is 0.674. The molecule has 0 aliphatic rings. The number of hydrogen-bond donors (Lipinski definition) is 0. The number of nitrogens with zero attached hydrogens (tertiary/aromatic N) is 1. The Kier molecular flexibility index (Phi) is 2.97. The van der Waals surface area contributed by atoms with Crippen molar-refractivity contribution in [2.24, 2.45) is 0 Å². The molecule has 1 aromatic carbocycles. The van der Waals surface area contributed by atoms with Crippen LogP contribution >= 0.6 is 15.9 Å². The SMILES string of the molecule is Fc1cc(Br)cc(Oc2cccnc2)c1. The van der Waals surface area contributed by atoms with Crippen LogP contribution in [0.4, 0.5) is 4.39 Å². The van der Waals surface area contributed by atoms with Gasteiger partial charge in [0.15, 0.2) is 0 Å². The topological polar surface area (TPSA) is 22.1 Å². The van der Waals surface area contributed by atoms with E-state index in [2.05, 4.69) is 20.9 Å². The summed E-state index contributed by atoms with van der Waals surface area (Å²) in [7, 11) is 0. The zero-order valence-corrected chi connectivity index (χ0v) is 9.24. The number of aromatic nitrogens is 1. The highest BCUT2D eigenvalue weighted by molar-refractivity contribution is 9.10. The fraction of sp³-hybridized carbons (Fsp3) is 0. The Morgan fingerprint density at radius 2 is 2.07 bits per heavy atom. The van der Waals surface area contributed by atoms with Gasteiger partial charge in [0.2, 0.25) is 0 Å². The first-order valence-electron chi connectivity index (χ1n) is 4.28. The van der Waals surface area contributed by atoms with Crippen LogP contribution in [0, 0.1) is 5.82 Å². The Balaban J connectivity index is 2.25. The van der Waals surface area contributed by atoms with Crippen LogP contribution in [0.5, 0.6) is 11.5 Å². The summed E-state index contributed by atoms with van der Waals surface area (Å²) in [4.78, 5) is 3.90. The quantitative estimate of drug-likeness (QED) is 0.826. The monoisotopic (exact) mass is 267 g/mol. The van der Waals surface area contributed by atoms with Crippen molar-refractivity contribution in [1.29, 1.82) is 0 Å². The summed E-state index contributed by atoms with van der Waals surface area (Å²) in [6, 6.07) is 7.89. The minimum atomic E-state index is -0.344. The van der Waals surface area contributed by atoms with E-state index in [-0.39, 0.29) is 5.82 Å². The van der Waals surface area contributed by atoms with Crippen LogP contribution in [0.2, 0.25) is 0 Å². The van der Waals surface area contributed by atoms with Gasteiger partial charge in [0.05, 0.1) is 6.20 Å². The van der Waals surface area contributed by atoms with E-state index >= 15 is 0 Å². The Morgan fingerprint density at radius 1 is 1.20 bits per heavy atom. The third kappa shape index (κ3) is 2.76. The molecule has 0 atom stereocenters. The summed E-state index contributed by atoms with van der Waals surface area (Å²) in [6.07, 6.45) is 3.22. The fourth-order valence-electron chi connectivity index (χ4n) is 1.13. The number of rotatable bonds is 2. The maximum absolute atomic E-state index is 13.0. The molecule has 2 rings (SSSR count). The van der Waals surface area contributed by atoms with Crippen LogP contribution in [0.3, 0.4) is 0 Å². The van der Waals surface area contributed by atoms with Gasteiger partial charge in [-0.05, 0) is 24.3 Å². The van der Waals surface area contributed by atoms with Gasteiger partial charge < -0.3 is 4.74 Å². The lowest BCUT2D eigenvalue weighted by Gasteiger charge is -2.05. The maximum atomic E-state index is 13.0. The third-order valence-electron chi connectivity index (χ3n) is 1.71. The smallest absolute Gasteiger partial charge is 0.145 e. The first-order valence-corrected chi connectivity index (χ1v) is 5.07. The molecule has 0 aliphatic heterocycles. The molecule has 76 valence electrons. The molecule has 0 aliphatic carbocycles. The van der Waals surface area contributed by atoms with Gasteiger partial charge in [-0.25, -0.2) is 4.39 Å². The number of benzene rings is 1. The van der Waals surface area contributed by atoms with Crippen molar-refractivity contribution in [3.63, 3.8) is 0 Å². The molecule has 0 fully saturated rings. The number of halogens is 2. The lowest BCUT2D eigenvalue weighted by atomic mass is 10.3. The van der Waals surface area contributed by atoms with E-state index in [0.29, 0.717) is 16.0 Å². The van der Waals surface area contributed by atoms with Crippen LogP contribution < -0.4 is 4.74 Å². The van der Waals surface area contributed by atoms with Crippen molar-refractivity contribution in [3.8, 4) is 11.5 Å². The summed E-state index contributed by atoms with van der Waals surface area (Å²) in [6.45, 7) is 0. The van der Waals surface area contributed by atoms with Gasteiger partial charge in [-0.2, -0.15) is 0 Å². The lowest BCUT2D eigenvalue weighted by Crippen LogP contribution is -1.86. The predicted octanol–water partition coefficient (Wildman–Crippen LogP) is 3.78. The normalized spacial score (nSPS) is 10.0. The van der Waals surface area contributed by atoms with Crippen LogP contribution in [-0.2, 0) is 0 Å². The highest BCUT2D eigenvalue weighted by Crippen LogP contribution is 2.25. The van der Waals surface area contributed by atoms with E-state index in [9.17, 15) is 4.39 Å². The molecule has 1 aromatic heterocycles. The Labute approximate surface area is 94.9 Å². The highest BCUT2D eigenvalue weighted by atomic mass is 79.9. The molecule has 0 N–H and O–H groups in total. The predicted molar refractivity (Wildman–Crippen MR) is 58.4 cm³/mol. The van der Waals surface area contributed by atoms with Gasteiger partial charge >= 0.3 is 0 Å². The summed E-state index contributed by atoms with van der Waals surface area (Å²) < 4.78 is 19.1. The van der Waals surface area contributed by atoms with Gasteiger partial charge in [0, 0.05) is 16.7 Å². The highest BCUT2D eigenvalue weighted by Gasteiger charge is 2.01. The number of hydrogen-bond acceptors (Lipinski definition) is 2. The molecule has 4 heteroatoms.